The summed E-state index contributed by atoms with van der Waals surface area (Å²) in [5, 5.41) is 42.7. The van der Waals surface area contributed by atoms with E-state index in [1.54, 1.807) is 12.1 Å². The Morgan fingerprint density at radius 2 is 0.906 bits per heavy atom. The minimum atomic E-state index is -1.30. The van der Waals surface area contributed by atoms with E-state index in [1.807, 2.05) is 121 Å². The summed E-state index contributed by atoms with van der Waals surface area (Å²) in [5.41, 5.74) is 2.88. The van der Waals surface area contributed by atoms with Gasteiger partial charge in [-0.3, -0.25) is 9.98 Å². The Bertz CT molecular complexity index is 2060. The number of aliphatic imine (C=N–C) groups is 2. The van der Waals surface area contributed by atoms with E-state index in [1.165, 1.54) is 12.4 Å². The van der Waals surface area contributed by atoms with Crippen molar-refractivity contribution in [3.63, 3.8) is 0 Å². The molecular weight excluding hydrogens is 754 g/mol. The zero-order valence-electron chi connectivity index (χ0n) is 28.0. The molecule has 0 aliphatic carbocycles. The van der Waals surface area contributed by atoms with E-state index in [9.17, 15) is 37.4 Å². The molecule has 4 N–H and O–H groups in total. The molecular formula is C40H34N2O9V2. The molecule has 0 saturated heterocycles. The van der Waals surface area contributed by atoms with Crippen molar-refractivity contribution in [2.45, 2.75) is 24.9 Å². The third-order valence-corrected chi connectivity index (χ3v) is 8.91. The molecule has 0 radical (unpaired) electrons. The molecule has 6 rings (SSSR count). The molecule has 0 fully saturated rings. The standard InChI is InChI=1S/2C20H17NO3.3O.2V/c2*22-19-11-10-15-8-4-5-9-16(15)17(19)13-21-18(20(23)24)12-14-6-2-1-3-7-14;;;;;/h2*1-11,13,18,22H,12H2,(H,23,24);;;;;/t2*18-;;;;;/m00...../s1. The number of fused-ring (bicyclic) bond motifs is 2. The van der Waals surface area contributed by atoms with Crippen molar-refractivity contribution in [1.82, 2.24) is 0 Å². The van der Waals surface area contributed by atoms with Crippen LogP contribution in [-0.2, 0) is 65.5 Å². The number of carboxylic acids is 2. The molecule has 0 amide bonds. The summed E-state index contributed by atoms with van der Waals surface area (Å²) < 4.78 is 22.4. The van der Waals surface area contributed by atoms with Gasteiger partial charge in [0.25, 0.3) is 0 Å². The van der Waals surface area contributed by atoms with Crippen LogP contribution in [0.3, 0.4) is 0 Å². The van der Waals surface area contributed by atoms with E-state index in [2.05, 4.69) is 12.6 Å². The number of rotatable bonds is 12. The molecule has 2 atom stereocenters. The van der Waals surface area contributed by atoms with Gasteiger partial charge in [0.15, 0.2) is 12.1 Å². The number of phenols is 2. The number of carboxylic acid groups (broad SMARTS) is 2. The van der Waals surface area contributed by atoms with Gasteiger partial charge in [-0.05, 0) is 44.8 Å². The summed E-state index contributed by atoms with van der Waals surface area (Å²) in [6.45, 7) is 0. The van der Waals surface area contributed by atoms with E-state index >= 15 is 0 Å². The van der Waals surface area contributed by atoms with Gasteiger partial charge in [0, 0.05) is 36.4 Å². The summed E-state index contributed by atoms with van der Waals surface area (Å²) in [5.74, 6) is -1.81. The summed E-state index contributed by atoms with van der Waals surface area (Å²) in [6, 6.07) is 39.0. The number of benzene rings is 6. The van der Waals surface area contributed by atoms with Gasteiger partial charge in [0.05, 0.1) is 0 Å². The van der Waals surface area contributed by atoms with Gasteiger partial charge in [-0.15, -0.1) is 0 Å². The molecule has 6 aromatic rings. The Morgan fingerprint density at radius 3 is 1.25 bits per heavy atom. The Hall–Kier alpha value is -5.55. The first-order valence-electron chi connectivity index (χ1n) is 16.0. The first kappa shape index (κ1) is 40.2. The van der Waals surface area contributed by atoms with Crippen LogP contribution in [-0.4, -0.2) is 56.9 Å². The molecule has 11 nitrogen and oxygen atoms in total. The molecule has 0 aromatic heterocycles. The maximum atomic E-state index is 11.5. The van der Waals surface area contributed by atoms with Gasteiger partial charge >= 0.3 is 55.0 Å². The molecule has 268 valence electrons. The van der Waals surface area contributed by atoms with Crippen LogP contribution in [0.25, 0.3) is 21.5 Å². The number of phenolic OH excluding ortho intramolecular Hbond substituents is 2. The Balaban J connectivity index is 0.000000210. The van der Waals surface area contributed by atoms with Crippen LogP contribution in [0.2, 0.25) is 0 Å². The fraction of sp³-hybridized carbons (Fsp3) is 0.100. The average Bonchev–Trinajstić information content (AvgIpc) is 3.17. The Labute approximate surface area is 319 Å². The van der Waals surface area contributed by atoms with Gasteiger partial charge in [-0.1, -0.05) is 121 Å². The van der Waals surface area contributed by atoms with Crippen LogP contribution in [0.15, 0.2) is 143 Å². The van der Waals surface area contributed by atoms with Crippen molar-refractivity contribution in [3.8, 4) is 11.5 Å². The summed E-state index contributed by atoms with van der Waals surface area (Å²) in [4.78, 5) is 31.4. The van der Waals surface area contributed by atoms with Gasteiger partial charge in [-0.25, -0.2) is 9.59 Å². The van der Waals surface area contributed by atoms with Crippen molar-refractivity contribution in [2.24, 2.45) is 9.98 Å². The van der Waals surface area contributed by atoms with E-state index < -0.39 is 57.2 Å². The number of hydrogen-bond acceptors (Lipinski definition) is 9. The fourth-order valence-electron chi connectivity index (χ4n) is 5.26. The molecule has 0 aliphatic heterocycles. The van der Waals surface area contributed by atoms with Crippen LogP contribution >= 0.6 is 0 Å². The van der Waals surface area contributed by atoms with E-state index in [0.29, 0.717) is 24.0 Å². The summed E-state index contributed by atoms with van der Waals surface area (Å²) in [7, 11) is 0. The quantitative estimate of drug-likeness (QED) is 0.0948. The predicted octanol–water partition coefficient (Wildman–Crippen LogP) is 7.01. The van der Waals surface area contributed by atoms with Crippen LogP contribution in [0, 0.1) is 0 Å². The second kappa shape index (κ2) is 21.1. The molecule has 0 saturated carbocycles. The first-order valence-corrected chi connectivity index (χ1v) is 18.3. The SMILES string of the molecule is O=C(O)[C@H](Cc1ccccc1)N=Cc1c(O)ccc2ccccc12.O=C(O)[C@H](Cc1ccccc1)N=Cc1c(O)ccc2ccccc12.[O]=[V][O][V]=[O]. The first-order chi connectivity index (χ1) is 25.7. The van der Waals surface area contributed by atoms with Crippen molar-refractivity contribution in [2.75, 3.05) is 0 Å². The van der Waals surface area contributed by atoms with Crippen LogP contribution < -0.4 is 0 Å². The van der Waals surface area contributed by atoms with E-state index in [0.717, 1.165) is 32.7 Å². The van der Waals surface area contributed by atoms with Gasteiger partial charge < -0.3 is 20.4 Å². The van der Waals surface area contributed by atoms with Gasteiger partial charge in [0.2, 0.25) is 0 Å². The normalized spacial score (nSPS) is 11.9. The van der Waals surface area contributed by atoms with E-state index in [4.69, 9.17) is 0 Å². The van der Waals surface area contributed by atoms with E-state index in [-0.39, 0.29) is 11.5 Å². The van der Waals surface area contributed by atoms with Crippen molar-refractivity contribution >= 4 is 45.9 Å². The van der Waals surface area contributed by atoms with Crippen LogP contribution in [0.1, 0.15) is 22.3 Å². The Kier molecular flexibility index (Phi) is 16.0. The van der Waals surface area contributed by atoms with Crippen LogP contribution in [0.5, 0.6) is 11.5 Å². The summed E-state index contributed by atoms with van der Waals surface area (Å²) >= 11 is -2.61. The molecule has 0 aliphatic rings. The second-order valence-electron chi connectivity index (χ2n) is 11.3. The molecule has 13 heteroatoms. The topological polar surface area (TPSA) is 183 Å². The van der Waals surface area contributed by atoms with Gasteiger partial charge in [0.1, 0.15) is 11.5 Å². The maximum absolute atomic E-state index is 11.5. The Morgan fingerprint density at radius 1 is 0.547 bits per heavy atom. The van der Waals surface area contributed by atoms with Crippen molar-refractivity contribution in [3.05, 3.63) is 156 Å². The molecule has 0 heterocycles. The molecule has 0 bridgehead atoms. The average molecular weight is 789 g/mol. The van der Waals surface area contributed by atoms with Crippen molar-refractivity contribution in [1.29, 1.82) is 0 Å². The number of carbonyl (C=O) groups is 2. The third kappa shape index (κ3) is 12.3. The van der Waals surface area contributed by atoms with Gasteiger partial charge in [-0.2, -0.15) is 0 Å². The zero-order valence-corrected chi connectivity index (χ0v) is 30.8. The van der Waals surface area contributed by atoms with Crippen molar-refractivity contribution < 1.29 is 73.1 Å². The summed E-state index contributed by atoms with van der Waals surface area (Å²) in [6.07, 6.45) is 3.52. The molecule has 0 unspecified atom stereocenters. The number of hydrogen-bond donors (Lipinski definition) is 4. The monoisotopic (exact) mass is 788 g/mol. The minimum absolute atomic E-state index is 0.0845. The molecule has 0 spiro atoms. The fourth-order valence-corrected chi connectivity index (χ4v) is 5.48. The third-order valence-electron chi connectivity index (χ3n) is 7.84. The number of aromatic hydroxyl groups is 2. The van der Waals surface area contributed by atoms with Crippen LogP contribution in [0.4, 0.5) is 0 Å². The number of aliphatic carboxylic acids is 2. The molecule has 6 aromatic carbocycles. The number of nitrogens with zero attached hydrogens (tertiary/aromatic N) is 2. The zero-order chi connectivity index (χ0) is 38.0. The second-order valence-corrected chi connectivity index (χ2v) is 13.1. The predicted molar refractivity (Wildman–Crippen MR) is 192 cm³/mol. The molecule has 53 heavy (non-hydrogen) atoms.